The Morgan fingerprint density at radius 2 is 2.29 bits per heavy atom. The minimum Gasteiger partial charge on any atom is -0.336 e. The molecule has 0 amide bonds. The molecule has 2 aliphatic rings. The first-order chi connectivity index (χ1) is 6.86. The average molecular weight is 181 g/mol. The van der Waals surface area contributed by atoms with Gasteiger partial charge in [0.15, 0.2) is 0 Å². The van der Waals surface area contributed by atoms with E-state index in [1.807, 2.05) is 42.1 Å². The molecule has 2 heterocycles. The summed E-state index contributed by atoms with van der Waals surface area (Å²) in [6.45, 7) is 0. The minimum absolute atomic E-state index is 1.03. The summed E-state index contributed by atoms with van der Waals surface area (Å²) in [5.74, 6) is 1.03. The van der Waals surface area contributed by atoms with E-state index in [1.165, 1.54) is 10.9 Å². The fraction of sp³-hybridized carbons (Fsp3) is 0.0833. The molecule has 0 fully saturated rings. The lowest BCUT2D eigenvalue weighted by Crippen LogP contribution is -1.94. The van der Waals surface area contributed by atoms with E-state index in [2.05, 4.69) is 17.1 Å². The quantitative estimate of drug-likeness (QED) is 0.521. The molecule has 0 N–H and O–H groups in total. The molecule has 1 radical (unpaired) electrons. The number of hydrogen-bond donors (Lipinski definition) is 0. The maximum atomic E-state index is 4.56. The Hall–Kier alpha value is -1.83. The molecule has 2 heteroatoms. The molecule has 0 aliphatic carbocycles. The van der Waals surface area contributed by atoms with Crippen molar-refractivity contribution in [1.82, 2.24) is 9.55 Å². The van der Waals surface area contributed by atoms with E-state index in [-0.39, 0.29) is 0 Å². The van der Waals surface area contributed by atoms with Gasteiger partial charge in [-0.3, -0.25) is 0 Å². The molecule has 0 saturated heterocycles. The zero-order valence-electron chi connectivity index (χ0n) is 7.86. The van der Waals surface area contributed by atoms with Crippen LogP contribution in [0, 0.1) is 6.07 Å². The summed E-state index contributed by atoms with van der Waals surface area (Å²) in [6.07, 6.45) is 2.01. The van der Waals surface area contributed by atoms with Crippen molar-refractivity contribution in [2.45, 2.75) is 0 Å². The number of hydrogen-bond acceptors (Lipinski definition) is 1. The molecule has 0 unspecified atom stereocenters. The Bertz CT molecular complexity index is 566. The van der Waals surface area contributed by atoms with Gasteiger partial charge in [-0.05, 0) is 30.3 Å². The van der Waals surface area contributed by atoms with E-state index in [0.717, 1.165) is 11.3 Å². The van der Waals surface area contributed by atoms with Crippen molar-refractivity contribution < 1.29 is 0 Å². The summed E-state index contributed by atoms with van der Waals surface area (Å²) in [6, 6.07) is 13.1. The van der Waals surface area contributed by atoms with E-state index >= 15 is 0 Å². The van der Waals surface area contributed by atoms with Crippen molar-refractivity contribution in [3.63, 3.8) is 0 Å². The second-order valence-electron chi connectivity index (χ2n) is 3.41. The predicted molar refractivity (Wildman–Crippen MR) is 56.2 cm³/mol. The zero-order valence-corrected chi connectivity index (χ0v) is 7.86. The van der Waals surface area contributed by atoms with Crippen molar-refractivity contribution in [3.05, 3.63) is 42.6 Å². The maximum Gasteiger partial charge on any atom is 0.140 e. The molecule has 3 rings (SSSR count). The van der Waals surface area contributed by atoms with Crippen LogP contribution in [0.4, 0.5) is 0 Å². The molecule has 14 heavy (non-hydrogen) atoms. The number of aromatic nitrogens is 2. The van der Waals surface area contributed by atoms with Crippen LogP contribution in [-0.4, -0.2) is 9.55 Å². The molecule has 0 spiro atoms. The van der Waals surface area contributed by atoms with Gasteiger partial charge in [0, 0.05) is 24.2 Å². The Morgan fingerprint density at radius 3 is 3.21 bits per heavy atom. The van der Waals surface area contributed by atoms with Gasteiger partial charge in [0.1, 0.15) is 5.82 Å². The lowest BCUT2D eigenvalue weighted by molar-refractivity contribution is 0.893. The molecule has 1 aromatic rings. The fourth-order valence-corrected chi connectivity index (χ4v) is 1.80. The molecule has 2 aliphatic heterocycles. The Balaban J connectivity index is 2.55. The number of pyridine rings is 1. The van der Waals surface area contributed by atoms with Gasteiger partial charge in [0.2, 0.25) is 0 Å². The fourth-order valence-electron chi connectivity index (χ4n) is 1.80. The van der Waals surface area contributed by atoms with Crippen LogP contribution in [0.5, 0.6) is 0 Å². The standard InChI is InChI=1S/C12H9N2/c1-14-8-4-6-10-9-5-2-3-7-11(9)13-12(10)14/h3-8H,1H3. The smallest absolute Gasteiger partial charge is 0.140 e. The van der Waals surface area contributed by atoms with Crippen LogP contribution in [0.15, 0.2) is 36.5 Å². The van der Waals surface area contributed by atoms with Gasteiger partial charge < -0.3 is 4.57 Å². The number of rotatable bonds is 0. The van der Waals surface area contributed by atoms with Crippen molar-refractivity contribution >= 4 is 10.9 Å². The summed E-state index contributed by atoms with van der Waals surface area (Å²) >= 11 is 0. The molecule has 1 aromatic carbocycles. The highest BCUT2D eigenvalue weighted by Gasteiger charge is 2.11. The number of fused-ring (bicyclic) bond motifs is 3. The van der Waals surface area contributed by atoms with Crippen LogP contribution in [0.1, 0.15) is 0 Å². The van der Waals surface area contributed by atoms with Crippen LogP contribution in [0.25, 0.3) is 22.3 Å². The topological polar surface area (TPSA) is 17.8 Å². The minimum atomic E-state index is 1.03. The third-order valence-corrected chi connectivity index (χ3v) is 2.51. The molecular formula is C12H9N2. The second kappa shape index (κ2) is 2.58. The average Bonchev–Trinajstić information content (AvgIpc) is 2.59. The van der Waals surface area contributed by atoms with E-state index < -0.39 is 0 Å². The van der Waals surface area contributed by atoms with Crippen molar-refractivity contribution in [1.29, 1.82) is 0 Å². The summed E-state index contributed by atoms with van der Waals surface area (Å²) in [4.78, 5) is 4.56. The molecule has 2 nitrogen and oxygen atoms in total. The molecule has 0 saturated carbocycles. The van der Waals surface area contributed by atoms with E-state index in [1.54, 1.807) is 0 Å². The number of aryl methyl sites for hydroxylation is 1. The van der Waals surface area contributed by atoms with Gasteiger partial charge >= 0.3 is 0 Å². The van der Waals surface area contributed by atoms with E-state index in [4.69, 9.17) is 0 Å². The van der Waals surface area contributed by atoms with Gasteiger partial charge in [-0.25, -0.2) is 4.98 Å². The van der Waals surface area contributed by atoms with Crippen LogP contribution in [-0.2, 0) is 7.05 Å². The lowest BCUT2D eigenvalue weighted by atomic mass is 10.1. The summed E-state index contributed by atoms with van der Waals surface area (Å²) < 4.78 is 2.04. The highest BCUT2D eigenvalue weighted by molar-refractivity contribution is 5.96. The molecule has 67 valence electrons. The van der Waals surface area contributed by atoms with Gasteiger partial charge in [0.25, 0.3) is 0 Å². The van der Waals surface area contributed by atoms with Crippen molar-refractivity contribution in [2.24, 2.45) is 7.05 Å². The first kappa shape index (κ1) is 7.56. The Morgan fingerprint density at radius 1 is 1.36 bits per heavy atom. The van der Waals surface area contributed by atoms with E-state index in [9.17, 15) is 0 Å². The largest absolute Gasteiger partial charge is 0.336 e. The zero-order chi connectivity index (χ0) is 9.54. The van der Waals surface area contributed by atoms with Gasteiger partial charge in [0.05, 0.1) is 5.52 Å². The monoisotopic (exact) mass is 181 g/mol. The summed E-state index contributed by atoms with van der Waals surface area (Å²) in [7, 11) is 2.01. The summed E-state index contributed by atoms with van der Waals surface area (Å²) in [5.41, 5.74) is 2.24. The molecule has 0 bridgehead atoms. The third-order valence-electron chi connectivity index (χ3n) is 2.51. The van der Waals surface area contributed by atoms with Crippen LogP contribution in [0.3, 0.4) is 0 Å². The maximum absolute atomic E-state index is 4.56. The third kappa shape index (κ3) is 0.880. The SMILES string of the molecule is Cn1cccc2c3c[c]ccc3nc1-2. The normalized spacial score (nSPS) is 11.2. The first-order valence-electron chi connectivity index (χ1n) is 4.57. The lowest BCUT2D eigenvalue weighted by Gasteiger charge is -2.03. The Kier molecular flexibility index (Phi) is 1.39. The highest BCUT2D eigenvalue weighted by atomic mass is 15.0. The van der Waals surface area contributed by atoms with Crippen LogP contribution < -0.4 is 0 Å². The molecular weight excluding hydrogens is 172 g/mol. The number of nitrogens with zero attached hydrogens (tertiary/aromatic N) is 2. The molecule has 0 aromatic heterocycles. The van der Waals surface area contributed by atoms with Crippen molar-refractivity contribution in [3.8, 4) is 11.4 Å². The van der Waals surface area contributed by atoms with Gasteiger partial charge in [-0.2, -0.15) is 0 Å². The first-order valence-corrected chi connectivity index (χ1v) is 4.57. The highest BCUT2D eigenvalue weighted by Crippen LogP contribution is 2.29. The second-order valence-corrected chi connectivity index (χ2v) is 3.41. The van der Waals surface area contributed by atoms with Gasteiger partial charge in [-0.15, -0.1) is 0 Å². The predicted octanol–water partition coefficient (Wildman–Crippen LogP) is 2.48. The Labute approximate surface area is 82.2 Å². The summed E-state index contributed by atoms with van der Waals surface area (Å²) in [5, 5.41) is 1.18. The number of benzene rings is 1. The van der Waals surface area contributed by atoms with Crippen molar-refractivity contribution in [2.75, 3.05) is 0 Å². The van der Waals surface area contributed by atoms with Crippen LogP contribution in [0.2, 0.25) is 0 Å². The van der Waals surface area contributed by atoms with Crippen LogP contribution >= 0.6 is 0 Å². The molecule has 0 atom stereocenters. The van der Waals surface area contributed by atoms with Gasteiger partial charge in [-0.1, -0.05) is 6.07 Å². The van der Waals surface area contributed by atoms with E-state index in [0.29, 0.717) is 0 Å².